The van der Waals surface area contributed by atoms with Gasteiger partial charge in [0.1, 0.15) is 0 Å². The van der Waals surface area contributed by atoms with E-state index in [0.29, 0.717) is 19.5 Å². The van der Waals surface area contributed by atoms with Gasteiger partial charge in [0.2, 0.25) is 5.91 Å². The van der Waals surface area contributed by atoms with Gasteiger partial charge in [-0.25, -0.2) is 0 Å². The monoisotopic (exact) mass is 262 g/mol. The standard InChI is InChI=1S/C14H18N2O3/c1-10-4-3-5-11-14(10)15(2)12(17)6-8-16(11)9-7-13(18)19/h3-5H,6-9H2,1-2H3,(H,18,19). The van der Waals surface area contributed by atoms with Gasteiger partial charge in [0.05, 0.1) is 17.8 Å². The number of anilines is 2. The number of para-hydroxylation sites is 1. The van der Waals surface area contributed by atoms with Gasteiger partial charge in [0, 0.05) is 26.6 Å². The Labute approximate surface area is 112 Å². The summed E-state index contributed by atoms with van der Waals surface area (Å²) in [5, 5.41) is 8.82. The van der Waals surface area contributed by atoms with E-state index in [1.165, 1.54) is 0 Å². The summed E-state index contributed by atoms with van der Waals surface area (Å²) in [5.41, 5.74) is 2.85. The van der Waals surface area contributed by atoms with Crippen LogP contribution in [0, 0.1) is 6.92 Å². The molecule has 0 saturated carbocycles. The molecule has 1 amide bonds. The molecular weight excluding hydrogens is 244 g/mol. The normalized spacial score (nSPS) is 15.2. The van der Waals surface area contributed by atoms with Crippen molar-refractivity contribution in [2.45, 2.75) is 19.8 Å². The van der Waals surface area contributed by atoms with Gasteiger partial charge in [0.15, 0.2) is 0 Å². The van der Waals surface area contributed by atoms with Gasteiger partial charge < -0.3 is 14.9 Å². The zero-order valence-electron chi connectivity index (χ0n) is 11.2. The fourth-order valence-corrected chi connectivity index (χ4v) is 2.44. The summed E-state index contributed by atoms with van der Waals surface area (Å²) in [6, 6.07) is 5.84. The van der Waals surface area contributed by atoms with Crippen LogP contribution < -0.4 is 9.80 Å². The Hall–Kier alpha value is -2.04. The van der Waals surface area contributed by atoms with Crippen molar-refractivity contribution in [3.63, 3.8) is 0 Å². The molecule has 1 N–H and O–H groups in total. The van der Waals surface area contributed by atoms with Crippen LogP contribution in [0.5, 0.6) is 0 Å². The van der Waals surface area contributed by atoms with Crippen LogP contribution in [0.2, 0.25) is 0 Å². The van der Waals surface area contributed by atoms with Crippen molar-refractivity contribution < 1.29 is 14.7 Å². The molecule has 0 bridgehead atoms. The maximum atomic E-state index is 12.0. The lowest BCUT2D eigenvalue weighted by Gasteiger charge is -2.26. The Balaban J connectivity index is 2.39. The van der Waals surface area contributed by atoms with E-state index >= 15 is 0 Å². The molecule has 0 radical (unpaired) electrons. The van der Waals surface area contributed by atoms with E-state index < -0.39 is 5.97 Å². The summed E-state index contributed by atoms with van der Waals surface area (Å²) in [5.74, 6) is -0.758. The molecule has 102 valence electrons. The molecule has 5 heteroatoms. The predicted octanol–water partition coefficient (Wildman–Crippen LogP) is 1.64. The van der Waals surface area contributed by atoms with Crippen molar-refractivity contribution in [1.29, 1.82) is 0 Å². The number of carbonyl (C=O) groups excluding carboxylic acids is 1. The van der Waals surface area contributed by atoms with E-state index in [-0.39, 0.29) is 12.3 Å². The Morgan fingerprint density at radius 3 is 2.84 bits per heavy atom. The maximum absolute atomic E-state index is 12.0. The van der Waals surface area contributed by atoms with Gasteiger partial charge >= 0.3 is 5.97 Å². The van der Waals surface area contributed by atoms with Gasteiger partial charge in [-0.3, -0.25) is 9.59 Å². The fourth-order valence-electron chi connectivity index (χ4n) is 2.44. The van der Waals surface area contributed by atoms with Crippen LogP contribution >= 0.6 is 0 Å². The number of hydrogen-bond donors (Lipinski definition) is 1. The van der Waals surface area contributed by atoms with Crippen LogP contribution in [0.1, 0.15) is 18.4 Å². The first kappa shape index (κ1) is 13.4. The van der Waals surface area contributed by atoms with Crippen molar-refractivity contribution in [3.8, 4) is 0 Å². The van der Waals surface area contributed by atoms with Crippen molar-refractivity contribution >= 4 is 23.3 Å². The van der Waals surface area contributed by atoms with Crippen molar-refractivity contribution in [3.05, 3.63) is 23.8 Å². The molecule has 0 atom stereocenters. The zero-order chi connectivity index (χ0) is 14.0. The third-order valence-electron chi connectivity index (χ3n) is 3.46. The largest absolute Gasteiger partial charge is 0.481 e. The SMILES string of the molecule is Cc1cccc2c1N(C)C(=O)CCN2CCC(=O)O. The fraction of sp³-hybridized carbons (Fsp3) is 0.429. The van der Waals surface area contributed by atoms with Gasteiger partial charge in [-0.1, -0.05) is 12.1 Å². The Kier molecular flexibility index (Phi) is 3.74. The van der Waals surface area contributed by atoms with Gasteiger partial charge in [0.25, 0.3) is 0 Å². The molecule has 1 aromatic carbocycles. The molecule has 0 unspecified atom stereocenters. The first-order valence-electron chi connectivity index (χ1n) is 6.33. The predicted molar refractivity (Wildman–Crippen MR) is 73.7 cm³/mol. The molecule has 1 aromatic rings. The van der Waals surface area contributed by atoms with Crippen LogP contribution in [-0.4, -0.2) is 37.1 Å². The number of nitrogens with zero attached hydrogens (tertiary/aromatic N) is 2. The Bertz CT molecular complexity index is 513. The molecule has 0 aromatic heterocycles. The molecular formula is C14H18N2O3. The summed E-state index contributed by atoms with van der Waals surface area (Å²) in [6.07, 6.45) is 0.482. The summed E-state index contributed by atoms with van der Waals surface area (Å²) >= 11 is 0. The highest BCUT2D eigenvalue weighted by molar-refractivity contribution is 5.99. The smallest absolute Gasteiger partial charge is 0.305 e. The number of fused-ring (bicyclic) bond motifs is 1. The highest BCUT2D eigenvalue weighted by Gasteiger charge is 2.24. The average molecular weight is 262 g/mol. The Morgan fingerprint density at radius 2 is 2.16 bits per heavy atom. The number of hydrogen-bond acceptors (Lipinski definition) is 3. The molecule has 0 spiro atoms. The third kappa shape index (κ3) is 2.70. The minimum atomic E-state index is -0.821. The lowest BCUT2D eigenvalue weighted by atomic mass is 10.1. The van der Waals surface area contributed by atoms with Gasteiger partial charge in [-0.05, 0) is 18.6 Å². The minimum Gasteiger partial charge on any atom is -0.481 e. The second-order valence-electron chi connectivity index (χ2n) is 4.78. The number of carboxylic acid groups (broad SMARTS) is 1. The summed E-state index contributed by atoms with van der Waals surface area (Å²) in [6.45, 7) is 2.95. The average Bonchev–Trinajstić information content (AvgIpc) is 2.48. The number of aliphatic carboxylic acids is 1. The quantitative estimate of drug-likeness (QED) is 0.899. The number of carboxylic acids is 1. The molecule has 19 heavy (non-hydrogen) atoms. The summed E-state index contributed by atoms with van der Waals surface area (Å²) in [4.78, 5) is 26.4. The lowest BCUT2D eigenvalue weighted by Crippen LogP contribution is -2.27. The Morgan fingerprint density at radius 1 is 1.42 bits per heavy atom. The van der Waals surface area contributed by atoms with Crippen molar-refractivity contribution in [1.82, 2.24) is 0 Å². The summed E-state index contributed by atoms with van der Waals surface area (Å²) < 4.78 is 0. The van der Waals surface area contributed by atoms with Crippen molar-refractivity contribution in [2.75, 3.05) is 29.9 Å². The zero-order valence-corrected chi connectivity index (χ0v) is 11.2. The van der Waals surface area contributed by atoms with E-state index in [0.717, 1.165) is 16.9 Å². The second-order valence-corrected chi connectivity index (χ2v) is 4.78. The number of amides is 1. The molecule has 1 aliphatic heterocycles. The van der Waals surface area contributed by atoms with Crippen molar-refractivity contribution in [2.24, 2.45) is 0 Å². The molecule has 0 aliphatic carbocycles. The lowest BCUT2D eigenvalue weighted by molar-refractivity contribution is -0.136. The van der Waals surface area contributed by atoms with E-state index in [2.05, 4.69) is 0 Å². The number of carbonyl (C=O) groups is 2. The van der Waals surface area contributed by atoms with Crippen LogP contribution in [0.3, 0.4) is 0 Å². The number of aryl methyl sites for hydroxylation is 1. The molecule has 2 rings (SSSR count). The molecule has 1 aliphatic rings. The van der Waals surface area contributed by atoms with E-state index in [4.69, 9.17) is 5.11 Å². The molecule has 0 fully saturated rings. The van der Waals surface area contributed by atoms with Crippen LogP contribution in [-0.2, 0) is 9.59 Å². The van der Waals surface area contributed by atoms with Gasteiger partial charge in [-0.15, -0.1) is 0 Å². The van der Waals surface area contributed by atoms with E-state index in [9.17, 15) is 9.59 Å². The second kappa shape index (κ2) is 5.30. The first-order valence-corrected chi connectivity index (χ1v) is 6.33. The van der Waals surface area contributed by atoms with E-state index in [1.807, 2.05) is 30.0 Å². The molecule has 1 heterocycles. The molecule has 0 saturated heterocycles. The maximum Gasteiger partial charge on any atom is 0.305 e. The summed E-state index contributed by atoms with van der Waals surface area (Å²) in [7, 11) is 1.77. The minimum absolute atomic E-state index is 0.0633. The van der Waals surface area contributed by atoms with Gasteiger partial charge in [-0.2, -0.15) is 0 Å². The van der Waals surface area contributed by atoms with Crippen LogP contribution in [0.25, 0.3) is 0 Å². The number of benzene rings is 1. The number of rotatable bonds is 3. The van der Waals surface area contributed by atoms with Crippen LogP contribution in [0.4, 0.5) is 11.4 Å². The first-order chi connectivity index (χ1) is 9.00. The van der Waals surface area contributed by atoms with Crippen LogP contribution in [0.15, 0.2) is 18.2 Å². The highest BCUT2D eigenvalue weighted by atomic mass is 16.4. The third-order valence-corrected chi connectivity index (χ3v) is 3.46. The highest BCUT2D eigenvalue weighted by Crippen LogP contribution is 2.34. The topological polar surface area (TPSA) is 60.9 Å². The van der Waals surface area contributed by atoms with E-state index in [1.54, 1.807) is 11.9 Å². The molecule has 5 nitrogen and oxygen atoms in total.